The molecule has 1 aromatic rings. The molecule has 19 heavy (non-hydrogen) atoms. The summed E-state index contributed by atoms with van der Waals surface area (Å²) >= 11 is 0. The number of rotatable bonds is 3. The molecular formula is C15H19F2NO. The number of carbonyl (C=O) groups excluding carboxylic acids is 1. The van der Waals surface area contributed by atoms with Gasteiger partial charge in [-0.1, -0.05) is 13.8 Å². The Kier molecular flexibility index (Phi) is 3.99. The lowest BCUT2D eigenvalue weighted by molar-refractivity contribution is 0.0806. The molecule has 0 spiro atoms. The van der Waals surface area contributed by atoms with Crippen LogP contribution in [0.25, 0.3) is 0 Å². The van der Waals surface area contributed by atoms with Gasteiger partial charge in [-0.15, -0.1) is 0 Å². The molecule has 0 saturated carbocycles. The highest BCUT2D eigenvalue weighted by Crippen LogP contribution is 2.28. The number of carbonyl (C=O) groups is 1. The van der Waals surface area contributed by atoms with Crippen LogP contribution < -0.4 is 0 Å². The van der Waals surface area contributed by atoms with E-state index in [4.69, 9.17) is 0 Å². The molecule has 0 N–H and O–H groups in total. The zero-order valence-corrected chi connectivity index (χ0v) is 11.4. The van der Waals surface area contributed by atoms with Gasteiger partial charge in [0.2, 0.25) is 0 Å². The number of nitrogens with zero attached hydrogens (tertiary/aromatic N) is 1. The van der Waals surface area contributed by atoms with Crippen molar-refractivity contribution in [3.63, 3.8) is 0 Å². The fourth-order valence-electron chi connectivity index (χ4n) is 2.68. The molecule has 1 saturated heterocycles. The molecule has 0 bridgehead atoms. The van der Waals surface area contributed by atoms with E-state index in [2.05, 4.69) is 18.7 Å². The van der Waals surface area contributed by atoms with E-state index in [9.17, 15) is 13.6 Å². The lowest BCUT2D eigenvalue weighted by atomic mass is 9.84. The van der Waals surface area contributed by atoms with Crippen LogP contribution in [0.15, 0.2) is 18.2 Å². The summed E-state index contributed by atoms with van der Waals surface area (Å²) in [6, 6.07) is 3.10. The zero-order chi connectivity index (χ0) is 14.0. The van der Waals surface area contributed by atoms with E-state index in [1.165, 1.54) is 6.07 Å². The SMILES string of the molecule is CC1(C)CCCN(CC(=O)c2ccc(F)cc2F)C1. The van der Waals surface area contributed by atoms with E-state index in [0.29, 0.717) is 0 Å². The van der Waals surface area contributed by atoms with Gasteiger partial charge in [0.1, 0.15) is 11.6 Å². The van der Waals surface area contributed by atoms with Gasteiger partial charge < -0.3 is 0 Å². The van der Waals surface area contributed by atoms with Crippen LogP contribution in [-0.2, 0) is 0 Å². The molecule has 1 heterocycles. The Bertz CT molecular complexity index is 485. The summed E-state index contributed by atoms with van der Waals surface area (Å²) in [6.45, 7) is 6.23. The first-order chi connectivity index (χ1) is 8.87. The quantitative estimate of drug-likeness (QED) is 0.783. The second-order valence-electron chi connectivity index (χ2n) is 6.03. The second kappa shape index (κ2) is 5.37. The van der Waals surface area contributed by atoms with Crippen LogP contribution in [0.1, 0.15) is 37.0 Å². The Hall–Kier alpha value is -1.29. The van der Waals surface area contributed by atoms with Gasteiger partial charge in [0.25, 0.3) is 0 Å². The third-order valence-corrected chi connectivity index (χ3v) is 3.58. The Labute approximate surface area is 112 Å². The number of ketones is 1. The van der Waals surface area contributed by atoms with Gasteiger partial charge in [0, 0.05) is 12.6 Å². The van der Waals surface area contributed by atoms with Crippen molar-refractivity contribution in [2.45, 2.75) is 26.7 Å². The number of hydrogen-bond acceptors (Lipinski definition) is 2. The highest BCUT2D eigenvalue weighted by molar-refractivity contribution is 5.97. The Morgan fingerprint density at radius 1 is 1.37 bits per heavy atom. The Morgan fingerprint density at radius 2 is 2.11 bits per heavy atom. The molecule has 2 rings (SSSR count). The molecule has 2 nitrogen and oxygen atoms in total. The molecular weight excluding hydrogens is 248 g/mol. The van der Waals surface area contributed by atoms with Crippen LogP contribution in [0.2, 0.25) is 0 Å². The summed E-state index contributed by atoms with van der Waals surface area (Å²) in [7, 11) is 0. The first-order valence-corrected chi connectivity index (χ1v) is 6.58. The monoisotopic (exact) mass is 267 g/mol. The van der Waals surface area contributed by atoms with Crippen molar-refractivity contribution >= 4 is 5.78 Å². The van der Waals surface area contributed by atoms with Crippen molar-refractivity contribution < 1.29 is 13.6 Å². The van der Waals surface area contributed by atoms with Crippen molar-refractivity contribution in [3.8, 4) is 0 Å². The number of halogens is 2. The maximum absolute atomic E-state index is 13.5. The molecule has 0 aliphatic carbocycles. The van der Waals surface area contributed by atoms with Crippen molar-refractivity contribution in [1.82, 2.24) is 4.90 Å². The van der Waals surface area contributed by atoms with Crippen LogP contribution >= 0.6 is 0 Å². The molecule has 1 aliphatic rings. The molecule has 4 heteroatoms. The van der Waals surface area contributed by atoms with Gasteiger partial charge in [-0.25, -0.2) is 8.78 Å². The fourth-order valence-corrected chi connectivity index (χ4v) is 2.68. The van der Waals surface area contributed by atoms with E-state index in [-0.39, 0.29) is 23.3 Å². The molecule has 1 aliphatic heterocycles. The normalized spacial score (nSPS) is 19.4. The number of likely N-dealkylation sites (tertiary alicyclic amines) is 1. The number of Topliss-reactive ketones (excluding diaryl/α,β-unsaturated/α-hetero) is 1. The maximum atomic E-state index is 13.5. The van der Waals surface area contributed by atoms with Gasteiger partial charge in [0.15, 0.2) is 5.78 Å². The molecule has 104 valence electrons. The van der Waals surface area contributed by atoms with Gasteiger partial charge >= 0.3 is 0 Å². The van der Waals surface area contributed by atoms with Crippen molar-refractivity contribution in [2.24, 2.45) is 5.41 Å². The fraction of sp³-hybridized carbons (Fsp3) is 0.533. The lowest BCUT2D eigenvalue weighted by Gasteiger charge is -2.37. The predicted molar refractivity (Wildman–Crippen MR) is 70.1 cm³/mol. The third kappa shape index (κ3) is 3.60. The van der Waals surface area contributed by atoms with Gasteiger partial charge in [-0.2, -0.15) is 0 Å². The van der Waals surface area contributed by atoms with Gasteiger partial charge in [-0.3, -0.25) is 9.69 Å². The highest BCUT2D eigenvalue weighted by Gasteiger charge is 2.27. The van der Waals surface area contributed by atoms with Gasteiger partial charge in [-0.05, 0) is 36.9 Å². The van der Waals surface area contributed by atoms with Crippen LogP contribution in [0, 0.1) is 17.0 Å². The van der Waals surface area contributed by atoms with Crippen molar-refractivity contribution in [1.29, 1.82) is 0 Å². The molecule has 0 unspecified atom stereocenters. The van der Waals surface area contributed by atoms with Crippen molar-refractivity contribution in [2.75, 3.05) is 19.6 Å². The van der Waals surface area contributed by atoms with Crippen LogP contribution in [0.3, 0.4) is 0 Å². The molecule has 0 atom stereocenters. The average molecular weight is 267 g/mol. The topological polar surface area (TPSA) is 20.3 Å². The largest absolute Gasteiger partial charge is 0.295 e. The van der Waals surface area contributed by atoms with Crippen molar-refractivity contribution in [3.05, 3.63) is 35.4 Å². The lowest BCUT2D eigenvalue weighted by Crippen LogP contribution is -2.42. The minimum atomic E-state index is -0.777. The Balaban J connectivity index is 2.04. The van der Waals surface area contributed by atoms with E-state index in [0.717, 1.165) is 38.1 Å². The summed E-state index contributed by atoms with van der Waals surface area (Å²) in [4.78, 5) is 14.1. The highest BCUT2D eigenvalue weighted by atomic mass is 19.1. The zero-order valence-electron chi connectivity index (χ0n) is 11.4. The van der Waals surface area contributed by atoms with E-state index >= 15 is 0 Å². The first-order valence-electron chi connectivity index (χ1n) is 6.58. The van der Waals surface area contributed by atoms with Crippen LogP contribution in [-0.4, -0.2) is 30.3 Å². The molecule has 0 amide bonds. The van der Waals surface area contributed by atoms with Crippen LogP contribution in [0.4, 0.5) is 8.78 Å². The number of piperidine rings is 1. The maximum Gasteiger partial charge on any atom is 0.179 e. The van der Waals surface area contributed by atoms with Gasteiger partial charge in [0.05, 0.1) is 12.1 Å². The summed E-state index contributed by atoms with van der Waals surface area (Å²) in [6.07, 6.45) is 2.19. The first kappa shape index (κ1) is 14.1. The predicted octanol–water partition coefficient (Wildman–Crippen LogP) is 3.27. The molecule has 0 aromatic heterocycles. The summed E-state index contributed by atoms with van der Waals surface area (Å²) in [5.74, 6) is -1.72. The summed E-state index contributed by atoms with van der Waals surface area (Å²) in [5, 5.41) is 0. The minimum absolute atomic E-state index is 0.0234. The molecule has 0 radical (unpaired) electrons. The minimum Gasteiger partial charge on any atom is -0.295 e. The van der Waals surface area contributed by atoms with E-state index in [1.54, 1.807) is 0 Å². The van der Waals surface area contributed by atoms with E-state index < -0.39 is 11.6 Å². The second-order valence-corrected chi connectivity index (χ2v) is 6.03. The Morgan fingerprint density at radius 3 is 2.74 bits per heavy atom. The summed E-state index contributed by atoms with van der Waals surface area (Å²) < 4.78 is 26.3. The van der Waals surface area contributed by atoms with E-state index in [1.807, 2.05) is 0 Å². The van der Waals surface area contributed by atoms with Crippen LogP contribution in [0.5, 0.6) is 0 Å². The average Bonchev–Trinajstić information content (AvgIpc) is 2.27. The molecule has 1 fully saturated rings. The summed E-state index contributed by atoms with van der Waals surface area (Å²) in [5.41, 5.74) is 0.171. The standard InChI is InChI=1S/C15H19F2NO/c1-15(2)6-3-7-18(10-15)9-14(19)12-5-4-11(16)8-13(12)17/h4-5,8H,3,6-7,9-10H2,1-2H3. The molecule has 1 aromatic carbocycles. The number of benzene rings is 1. The smallest absolute Gasteiger partial charge is 0.179 e. The number of hydrogen-bond donors (Lipinski definition) is 0. The third-order valence-electron chi connectivity index (χ3n) is 3.58.